The Kier molecular flexibility index (Phi) is 38.4. The molecule has 0 spiro atoms. The van der Waals surface area contributed by atoms with Crippen molar-refractivity contribution in [3.05, 3.63) is 145 Å². The van der Waals surface area contributed by atoms with Crippen molar-refractivity contribution in [3.63, 3.8) is 0 Å². The monoisotopic (exact) mass is 1360 g/mol. The molecule has 0 radical (unpaired) electrons. The molecular formula is C78H130N6O3S5. The molecule has 0 N–H and O–H groups in total. The fourth-order valence-electron chi connectivity index (χ4n) is 8.23. The molecule has 0 amide bonds. The van der Waals surface area contributed by atoms with E-state index in [2.05, 4.69) is 307 Å². The molecular weight excluding hydrogens is 1230 g/mol. The van der Waals surface area contributed by atoms with E-state index in [0.29, 0.717) is 88.8 Å². The van der Waals surface area contributed by atoms with Gasteiger partial charge in [-0.1, -0.05) is 228 Å². The molecule has 14 heteroatoms. The van der Waals surface area contributed by atoms with Crippen molar-refractivity contribution in [2.24, 2.45) is 0 Å². The van der Waals surface area contributed by atoms with Gasteiger partial charge in [-0.2, -0.15) is 8.75 Å². The Morgan fingerprint density at radius 3 is 1.09 bits per heavy atom. The van der Waals surface area contributed by atoms with E-state index in [1.165, 1.54) is 62.9 Å². The number of furan rings is 2. The average Bonchev–Trinajstić information content (AvgIpc) is 2.01. The molecule has 0 aliphatic heterocycles. The van der Waals surface area contributed by atoms with E-state index in [1.807, 2.05) is 47.1 Å². The van der Waals surface area contributed by atoms with Crippen molar-refractivity contribution >= 4 is 57.1 Å². The van der Waals surface area contributed by atoms with Crippen LogP contribution in [0.15, 0.2) is 55.8 Å². The zero-order valence-electron chi connectivity index (χ0n) is 64.7. The smallest absolute Gasteiger partial charge is 0.197 e. The number of rotatable bonds is 15. The van der Waals surface area contributed by atoms with E-state index in [9.17, 15) is 0 Å². The lowest BCUT2D eigenvalue weighted by Gasteiger charge is -2.13. The highest BCUT2D eigenvalue weighted by atomic mass is 32.1. The van der Waals surface area contributed by atoms with Gasteiger partial charge in [0.2, 0.25) is 0 Å². The molecule has 8 aromatic heterocycles. The lowest BCUT2D eigenvalue weighted by Crippen LogP contribution is -2.10. The summed E-state index contributed by atoms with van der Waals surface area (Å²) in [5.74, 6) is 15.5. The van der Waals surface area contributed by atoms with Gasteiger partial charge in [-0.15, -0.1) is 34.0 Å². The molecule has 8 aromatic rings. The first-order valence-electron chi connectivity index (χ1n) is 34.4. The summed E-state index contributed by atoms with van der Waals surface area (Å²) in [6.07, 6.45) is 2.00. The van der Waals surface area contributed by atoms with Gasteiger partial charge < -0.3 is 13.3 Å². The predicted molar refractivity (Wildman–Crippen MR) is 409 cm³/mol. The van der Waals surface area contributed by atoms with Gasteiger partial charge >= 0.3 is 0 Å². The van der Waals surface area contributed by atoms with Gasteiger partial charge in [-0.25, -0.2) is 19.9 Å². The molecule has 0 fully saturated rings. The lowest BCUT2D eigenvalue weighted by molar-refractivity contribution is 0.421. The van der Waals surface area contributed by atoms with Crippen molar-refractivity contribution in [2.75, 3.05) is 0 Å². The molecule has 0 aliphatic carbocycles. The number of hydrogen-bond donors (Lipinski definition) is 0. The van der Waals surface area contributed by atoms with Crippen LogP contribution in [0.3, 0.4) is 0 Å². The molecule has 9 nitrogen and oxygen atoms in total. The Morgan fingerprint density at radius 1 is 0.359 bits per heavy atom. The largest absolute Gasteiger partial charge is 0.466 e. The second-order valence-electron chi connectivity index (χ2n) is 30.0. The first-order chi connectivity index (χ1) is 42.4. The van der Waals surface area contributed by atoms with Crippen LogP contribution in [0.5, 0.6) is 0 Å². The minimum atomic E-state index is 0.197. The van der Waals surface area contributed by atoms with Crippen LogP contribution in [-0.2, 0) is 5.41 Å². The minimum Gasteiger partial charge on any atom is -0.466 e. The number of thiophene rings is 1. The third-order valence-electron chi connectivity index (χ3n) is 14.3. The normalized spacial score (nSPS) is 11.6. The van der Waals surface area contributed by atoms with E-state index in [0.717, 1.165) is 51.2 Å². The number of aromatic nitrogens is 6. The van der Waals surface area contributed by atoms with Gasteiger partial charge in [0, 0.05) is 89.3 Å². The zero-order valence-corrected chi connectivity index (χ0v) is 68.7. The Morgan fingerprint density at radius 2 is 0.848 bits per heavy atom. The summed E-state index contributed by atoms with van der Waals surface area (Å²) >= 11 is 8.81. The molecule has 0 unspecified atom stereocenters. The molecule has 8 heterocycles. The van der Waals surface area contributed by atoms with E-state index >= 15 is 0 Å². The van der Waals surface area contributed by atoms with E-state index in [1.54, 1.807) is 11.5 Å². The van der Waals surface area contributed by atoms with Crippen LogP contribution in [0.25, 0.3) is 0 Å². The van der Waals surface area contributed by atoms with Gasteiger partial charge in [0.1, 0.15) is 39.6 Å². The maximum atomic E-state index is 5.74. The Balaban J connectivity index is 0.000000526. The van der Waals surface area contributed by atoms with Crippen molar-refractivity contribution in [1.82, 2.24) is 28.7 Å². The van der Waals surface area contributed by atoms with Crippen LogP contribution in [-0.4, -0.2) is 28.7 Å². The fourth-order valence-corrected chi connectivity index (χ4v) is 12.9. The van der Waals surface area contributed by atoms with E-state index in [-0.39, 0.29) is 5.41 Å². The van der Waals surface area contributed by atoms with Gasteiger partial charge in [-0.3, -0.25) is 0 Å². The quantitative estimate of drug-likeness (QED) is 0.0989. The molecule has 0 aromatic carbocycles. The van der Waals surface area contributed by atoms with Crippen molar-refractivity contribution in [1.29, 1.82) is 0 Å². The minimum absolute atomic E-state index is 0.197. The standard InChI is InChI=1S/C11H19NS.C11H18O.C10H17NO.C10H16O.C10H16S.2C9H15NS.C8H14N2S/c1-7(2)9-8(3)12-10(13-9)11(4,5)6;1-7(2)10-6-9(5)11(12-10)8(3)4;1-6(2)9-8(5)11-10(12-9)7(3)4;2*1-7(2)9-5-6-10(11-9)8(3)4;1-6(2)8-5-10-9(11-8)7(3)4;1-6(2)8-5-9(7(3)4)11-10-8;1-5(2)7-9-8(6(3)4)11-10-7/h7H,1-6H3;6-8H,1-5H3;6-7H,1-5H3;2*5-8H,1-4H3;2*5-7H,1-4H3;5-6H,1-4H3. The molecule has 0 aliphatic rings. The van der Waals surface area contributed by atoms with Crippen LogP contribution in [0, 0.1) is 20.8 Å². The van der Waals surface area contributed by atoms with E-state index in [4.69, 9.17) is 13.3 Å². The highest BCUT2D eigenvalue weighted by Gasteiger charge is 2.22. The highest BCUT2D eigenvalue weighted by molar-refractivity contribution is 7.12. The van der Waals surface area contributed by atoms with Gasteiger partial charge in [0.05, 0.1) is 27.1 Å². The van der Waals surface area contributed by atoms with Crippen LogP contribution in [0.2, 0.25) is 0 Å². The van der Waals surface area contributed by atoms with Crippen LogP contribution >= 0.6 is 57.1 Å². The predicted octanol–water partition coefficient (Wildman–Crippen LogP) is 28.0. The van der Waals surface area contributed by atoms with Gasteiger partial charge in [0.25, 0.3) is 0 Å². The van der Waals surface area contributed by atoms with Crippen LogP contribution < -0.4 is 0 Å². The molecule has 92 heavy (non-hydrogen) atoms. The second-order valence-corrected chi connectivity index (χ2v) is 34.9. The maximum Gasteiger partial charge on any atom is 0.197 e. The Labute approximate surface area is 583 Å². The lowest BCUT2D eigenvalue weighted by atomic mass is 9.98. The third kappa shape index (κ3) is 30.3. The van der Waals surface area contributed by atoms with Crippen molar-refractivity contribution in [3.8, 4) is 0 Å². The molecule has 0 atom stereocenters. The second kappa shape index (κ2) is 41.1. The summed E-state index contributed by atoms with van der Waals surface area (Å²) < 4.78 is 25.6. The van der Waals surface area contributed by atoms with Crippen LogP contribution in [0.4, 0.5) is 0 Å². The molecule has 0 saturated heterocycles. The number of oxazole rings is 1. The van der Waals surface area contributed by atoms with Crippen LogP contribution in [0.1, 0.15) is 420 Å². The summed E-state index contributed by atoms with van der Waals surface area (Å²) in [5, 5.41) is 3.66. The third-order valence-corrected chi connectivity index (χ3v) is 21.6. The van der Waals surface area contributed by atoms with E-state index < -0.39 is 0 Å². The highest BCUT2D eigenvalue weighted by Crippen LogP contribution is 2.34. The molecule has 8 rings (SSSR count). The first kappa shape index (κ1) is 85.9. The summed E-state index contributed by atoms with van der Waals surface area (Å²) in [7, 11) is 0. The number of nitrogens with zero attached hydrogens (tertiary/aromatic N) is 6. The first-order valence-corrected chi connectivity index (χ1v) is 38.4. The van der Waals surface area contributed by atoms with Gasteiger partial charge in [-0.05, 0) is 121 Å². The average molecular weight is 1360 g/mol. The molecule has 0 saturated carbocycles. The summed E-state index contributed by atoms with van der Waals surface area (Å²) in [6, 6.07) is 13.0. The number of aryl methyl sites for hydroxylation is 3. The Hall–Kier alpha value is -4.08. The maximum absolute atomic E-state index is 5.74. The Bertz CT molecular complexity index is 2760. The van der Waals surface area contributed by atoms with Crippen molar-refractivity contribution in [2.45, 2.75) is 343 Å². The summed E-state index contributed by atoms with van der Waals surface area (Å²) in [6.45, 7) is 78.0. The van der Waals surface area contributed by atoms with Crippen molar-refractivity contribution < 1.29 is 13.3 Å². The van der Waals surface area contributed by atoms with Gasteiger partial charge in [0.15, 0.2) is 5.89 Å². The zero-order chi connectivity index (χ0) is 71.0. The number of hydrogen-bond acceptors (Lipinski definition) is 14. The SMILES string of the molecule is CC(C)c1cc(C(C)C)sn1.CC(C)c1ccc(C(C)C)o1.CC(C)c1ccc(C(C)C)s1.CC(C)c1cnc(C(C)C)s1.CC(C)c1nsc(C(C)C)n1.Cc1cc(C(C)C)oc1C(C)C.Cc1nc(C(C)(C)C)sc1C(C)C.Cc1nc(C(C)C)oc1C(C)C. The molecule has 520 valence electrons. The number of thiazole rings is 2. The summed E-state index contributed by atoms with van der Waals surface area (Å²) in [5.41, 5.74) is 4.97. The molecule has 0 bridgehead atoms. The topological polar surface area (TPSA) is 117 Å². The summed E-state index contributed by atoms with van der Waals surface area (Å²) in [4.78, 5) is 25.0. The fraction of sp³-hybridized carbons (Fsp3) is 0.667.